The average Bonchev–Trinajstić information content (AvgIpc) is 2.61. The Hall–Kier alpha value is -3.09. The van der Waals surface area contributed by atoms with Gasteiger partial charge in [-0.05, 0) is 37.3 Å². The van der Waals surface area contributed by atoms with Gasteiger partial charge in [0.15, 0.2) is 0 Å². The van der Waals surface area contributed by atoms with Crippen molar-refractivity contribution >= 4 is 23.3 Å². The van der Waals surface area contributed by atoms with Crippen molar-refractivity contribution in [3.8, 4) is 0 Å². The zero-order chi connectivity index (χ0) is 18.4. The van der Waals surface area contributed by atoms with Crippen LogP contribution in [0.25, 0.3) is 0 Å². The van der Waals surface area contributed by atoms with Gasteiger partial charge in [0, 0.05) is 30.9 Å². The summed E-state index contributed by atoms with van der Waals surface area (Å²) in [5.41, 5.74) is 6.20. The van der Waals surface area contributed by atoms with Crippen molar-refractivity contribution in [1.82, 2.24) is 5.32 Å². The summed E-state index contributed by atoms with van der Waals surface area (Å²) < 4.78 is 13.7. The van der Waals surface area contributed by atoms with Gasteiger partial charge in [0.1, 0.15) is 5.82 Å². The Morgan fingerprint density at radius 3 is 2.52 bits per heavy atom. The molecule has 0 aliphatic rings. The number of nitrogens with one attached hydrogen (secondary N) is 2. The second kappa shape index (κ2) is 8.14. The van der Waals surface area contributed by atoms with Crippen molar-refractivity contribution < 1.29 is 14.0 Å². The molecule has 4 N–H and O–H groups in total. The van der Waals surface area contributed by atoms with E-state index in [2.05, 4.69) is 10.6 Å². The summed E-state index contributed by atoms with van der Waals surface area (Å²) in [6.07, 6.45) is 0. The third kappa shape index (κ3) is 4.94. The lowest BCUT2D eigenvalue weighted by Crippen LogP contribution is -2.41. The van der Waals surface area contributed by atoms with Crippen molar-refractivity contribution in [3.05, 3.63) is 59.9 Å². The molecular formula is C18H21FN4O2. The van der Waals surface area contributed by atoms with Crippen molar-refractivity contribution in [2.45, 2.75) is 13.0 Å². The lowest BCUT2D eigenvalue weighted by molar-refractivity contribution is 0.1000. The second-order valence-corrected chi connectivity index (χ2v) is 5.69. The van der Waals surface area contributed by atoms with Gasteiger partial charge in [0.25, 0.3) is 0 Å². The molecule has 0 heterocycles. The summed E-state index contributed by atoms with van der Waals surface area (Å²) in [6.45, 7) is 2.32. The van der Waals surface area contributed by atoms with Crippen LogP contribution in [0, 0.1) is 5.82 Å². The van der Waals surface area contributed by atoms with Gasteiger partial charge in [-0.15, -0.1) is 0 Å². The molecule has 0 saturated heterocycles. The van der Waals surface area contributed by atoms with Crippen LogP contribution < -0.4 is 21.3 Å². The van der Waals surface area contributed by atoms with Crippen LogP contribution in [0.4, 0.5) is 20.6 Å². The number of hydrogen-bond acceptors (Lipinski definition) is 3. The predicted octanol–water partition coefficient (Wildman–Crippen LogP) is 2.57. The lowest BCUT2D eigenvalue weighted by Gasteiger charge is -2.27. The highest BCUT2D eigenvalue weighted by Gasteiger charge is 2.13. The van der Waals surface area contributed by atoms with Gasteiger partial charge in [-0.1, -0.05) is 18.2 Å². The molecule has 0 aliphatic carbocycles. The fourth-order valence-electron chi connectivity index (χ4n) is 2.24. The van der Waals surface area contributed by atoms with E-state index in [1.165, 1.54) is 12.1 Å². The fraction of sp³-hybridized carbons (Fsp3) is 0.222. The molecule has 2 aromatic rings. The summed E-state index contributed by atoms with van der Waals surface area (Å²) in [5.74, 6) is -1.34. The Kier molecular flexibility index (Phi) is 5.94. The smallest absolute Gasteiger partial charge is 0.319 e. The minimum Gasteiger partial charge on any atom is -0.370 e. The SMILES string of the molecule is CC(CNC(=O)Nc1cc(C(N)=O)ccc1F)N(C)c1ccccc1. The summed E-state index contributed by atoms with van der Waals surface area (Å²) in [4.78, 5) is 25.1. The number of rotatable bonds is 6. The van der Waals surface area contributed by atoms with Crippen molar-refractivity contribution in [1.29, 1.82) is 0 Å². The molecule has 0 saturated carbocycles. The van der Waals surface area contributed by atoms with Gasteiger partial charge in [-0.25, -0.2) is 9.18 Å². The molecule has 2 rings (SSSR count). The molecule has 0 aromatic heterocycles. The molecule has 132 valence electrons. The van der Waals surface area contributed by atoms with Crippen LogP contribution in [0.15, 0.2) is 48.5 Å². The number of halogens is 1. The first-order valence-electron chi connectivity index (χ1n) is 7.80. The van der Waals surface area contributed by atoms with Crippen LogP contribution >= 0.6 is 0 Å². The van der Waals surface area contributed by atoms with Crippen LogP contribution in [0.3, 0.4) is 0 Å². The second-order valence-electron chi connectivity index (χ2n) is 5.69. The van der Waals surface area contributed by atoms with E-state index in [1.807, 2.05) is 49.2 Å². The summed E-state index contributed by atoms with van der Waals surface area (Å²) >= 11 is 0. The van der Waals surface area contributed by atoms with E-state index >= 15 is 0 Å². The number of amides is 3. The Bertz CT molecular complexity index is 752. The van der Waals surface area contributed by atoms with E-state index in [-0.39, 0.29) is 17.3 Å². The molecule has 6 nitrogen and oxygen atoms in total. The molecule has 7 heteroatoms. The fourth-order valence-corrected chi connectivity index (χ4v) is 2.24. The van der Waals surface area contributed by atoms with Crippen LogP contribution in [0.2, 0.25) is 0 Å². The third-order valence-electron chi connectivity index (χ3n) is 3.88. The third-order valence-corrected chi connectivity index (χ3v) is 3.88. The van der Waals surface area contributed by atoms with E-state index in [1.54, 1.807) is 0 Å². The van der Waals surface area contributed by atoms with Gasteiger partial charge in [0.05, 0.1) is 5.69 Å². The Morgan fingerprint density at radius 2 is 1.88 bits per heavy atom. The van der Waals surface area contributed by atoms with Crippen LogP contribution in [-0.4, -0.2) is 31.6 Å². The highest BCUT2D eigenvalue weighted by atomic mass is 19.1. The van der Waals surface area contributed by atoms with E-state index in [4.69, 9.17) is 5.73 Å². The average molecular weight is 344 g/mol. The van der Waals surface area contributed by atoms with Crippen LogP contribution in [0.5, 0.6) is 0 Å². The van der Waals surface area contributed by atoms with Gasteiger partial charge < -0.3 is 21.3 Å². The maximum atomic E-state index is 13.7. The number of primary amides is 1. The first-order valence-corrected chi connectivity index (χ1v) is 7.80. The van der Waals surface area contributed by atoms with Gasteiger partial charge >= 0.3 is 6.03 Å². The number of nitrogens with zero attached hydrogens (tertiary/aromatic N) is 1. The quantitative estimate of drug-likeness (QED) is 0.753. The van der Waals surface area contributed by atoms with Crippen LogP contribution in [-0.2, 0) is 0 Å². The number of urea groups is 1. The molecule has 3 amide bonds. The summed E-state index contributed by atoms with van der Waals surface area (Å²) in [5, 5.41) is 5.07. The highest BCUT2D eigenvalue weighted by molar-refractivity contribution is 5.96. The number of carbonyl (C=O) groups is 2. The summed E-state index contributed by atoms with van der Waals surface area (Å²) in [6, 6.07) is 12.8. The number of nitrogens with two attached hydrogens (primary N) is 1. The molecule has 0 radical (unpaired) electrons. The maximum absolute atomic E-state index is 13.7. The molecule has 0 bridgehead atoms. The maximum Gasteiger partial charge on any atom is 0.319 e. The van der Waals surface area contributed by atoms with E-state index in [0.717, 1.165) is 11.8 Å². The van der Waals surface area contributed by atoms with Gasteiger partial charge in [0.2, 0.25) is 5.91 Å². The summed E-state index contributed by atoms with van der Waals surface area (Å²) in [7, 11) is 1.93. The Morgan fingerprint density at radius 1 is 1.20 bits per heavy atom. The molecular weight excluding hydrogens is 323 g/mol. The molecule has 0 spiro atoms. The van der Waals surface area contributed by atoms with E-state index < -0.39 is 17.8 Å². The topological polar surface area (TPSA) is 87.5 Å². The van der Waals surface area contributed by atoms with E-state index in [0.29, 0.717) is 6.54 Å². The first-order chi connectivity index (χ1) is 11.9. The number of benzene rings is 2. The molecule has 1 atom stereocenters. The molecule has 1 unspecified atom stereocenters. The van der Waals surface area contributed by atoms with E-state index in [9.17, 15) is 14.0 Å². The zero-order valence-corrected chi connectivity index (χ0v) is 14.1. The van der Waals surface area contributed by atoms with Gasteiger partial charge in [-0.2, -0.15) is 0 Å². The van der Waals surface area contributed by atoms with Gasteiger partial charge in [-0.3, -0.25) is 4.79 Å². The van der Waals surface area contributed by atoms with Crippen molar-refractivity contribution in [2.75, 3.05) is 23.8 Å². The van der Waals surface area contributed by atoms with Crippen molar-refractivity contribution in [3.63, 3.8) is 0 Å². The van der Waals surface area contributed by atoms with Crippen LogP contribution in [0.1, 0.15) is 17.3 Å². The largest absolute Gasteiger partial charge is 0.370 e. The number of para-hydroxylation sites is 1. The number of hydrogen-bond donors (Lipinski definition) is 3. The predicted molar refractivity (Wildman–Crippen MR) is 96.2 cm³/mol. The Labute approximate surface area is 145 Å². The zero-order valence-electron chi connectivity index (χ0n) is 14.1. The standard InChI is InChI=1S/C18H21FN4O2/c1-12(23(2)14-6-4-3-5-7-14)11-21-18(25)22-16-10-13(17(20)24)8-9-15(16)19/h3-10,12H,11H2,1-2H3,(H2,20,24)(H2,21,22,25). The lowest BCUT2D eigenvalue weighted by atomic mass is 10.2. The molecule has 0 fully saturated rings. The number of likely N-dealkylation sites (N-methyl/N-ethyl adjacent to an activating group) is 1. The molecule has 2 aromatic carbocycles. The molecule has 25 heavy (non-hydrogen) atoms. The first kappa shape index (κ1) is 18.3. The Balaban J connectivity index is 1.92. The minimum absolute atomic E-state index is 0.0231. The molecule has 0 aliphatic heterocycles. The number of anilines is 2. The highest BCUT2D eigenvalue weighted by Crippen LogP contribution is 2.16. The minimum atomic E-state index is -0.693. The normalized spacial score (nSPS) is 11.5. The number of carbonyl (C=O) groups excluding carboxylic acids is 2. The monoisotopic (exact) mass is 344 g/mol. The van der Waals surface area contributed by atoms with Crippen molar-refractivity contribution in [2.24, 2.45) is 5.73 Å².